The number of hydrogen-bond donors (Lipinski definition) is 2. The van der Waals surface area contributed by atoms with Gasteiger partial charge in [0.25, 0.3) is 5.91 Å². The van der Waals surface area contributed by atoms with Crippen molar-refractivity contribution in [1.82, 2.24) is 5.32 Å². The van der Waals surface area contributed by atoms with Gasteiger partial charge in [-0.05, 0) is 35.9 Å². The van der Waals surface area contributed by atoms with E-state index in [1.807, 2.05) is 0 Å². The van der Waals surface area contributed by atoms with E-state index in [1.54, 1.807) is 0 Å². The summed E-state index contributed by atoms with van der Waals surface area (Å²) in [6, 6.07) is 8.29. The van der Waals surface area contributed by atoms with E-state index >= 15 is 0 Å². The number of hydrogen-bond acceptors (Lipinski definition) is 4. The minimum absolute atomic E-state index is 0.0614. The number of carbonyl (C=O) groups excluding carboxylic acids is 2. The predicted octanol–water partition coefficient (Wildman–Crippen LogP) is 3.06. The Morgan fingerprint density at radius 1 is 1.07 bits per heavy atom. The Kier molecular flexibility index (Phi) is 6.40. The summed E-state index contributed by atoms with van der Waals surface area (Å²) >= 11 is 0. The Morgan fingerprint density at radius 2 is 1.68 bits per heavy atom. The first-order valence-corrected chi connectivity index (χ1v) is 8.05. The van der Waals surface area contributed by atoms with Crippen molar-refractivity contribution in [1.29, 1.82) is 0 Å². The summed E-state index contributed by atoms with van der Waals surface area (Å²) in [6.45, 7) is 1.21. The molecule has 2 aromatic carbocycles. The summed E-state index contributed by atoms with van der Waals surface area (Å²) in [6.07, 6.45) is -5.18. The van der Waals surface area contributed by atoms with Gasteiger partial charge >= 0.3 is 18.1 Å². The maximum absolute atomic E-state index is 13.1. The number of nitrogens with one attached hydrogen (secondary N) is 1. The first kappa shape index (κ1) is 20.9. The van der Waals surface area contributed by atoms with Crippen molar-refractivity contribution < 1.29 is 37.4 Å². The molecule has 1 amide bonds. The van der Waals surface area contributed by atoms with E-state index in [2.05, 4.69) is 5.32 Å². The Hall–Kier alpha value is -3.36. The van der Waals surface area contributed by atoms with Crippen LogP contribution in [0.15, 0.2) is 48.5 Å². The van der Waals surface area contributed by atoms with Crippen molar-refractivity contribution in [3.8, 4) is 5.75 Å². The number of alkyl halides is 3. The van der Waals surface area contributed by atoms with Gasteiger partial charge in [-0.3, -0.25) is 9.59 Å². The molecule has 2 N–H and O–H groups in total. The maximum Gasteiger partial charge on any atom is 0.416 e. The first-order valence-electron chi connectivity index (χ1n) is 8.05. The lowest BCUT2D eigenvalue weighted by Gasteiger charge is -2.18. The van der Waals surface area contributed by atoms with Gasteiger partial charge in [-0.15, -0.1) is 0 Å². The van der Waals surface area contributed by atoms with Crippen LogP contribution in [0.5, 0.6) is 5.75 Å². The number of amides is 1. The van der Waals surface area contributed by atoms with Crippen molar-refractivity contribution in [2.75, 3.05) is 0 Å². The monoisotopic (exact) mass is 395 g/mol. The zero-order valence-electron chi connectivity index (χ0n) is 14.6. The standard InChI is InChI=1S/C19H16F3NO5/c1-11(24)28-14-8-6-12(7-9-14)17(25)23-16(18(26)27)10-13-4-2-3-5-15(13)19(20,21)22/h2-9,16H,10H2,1H3,(H,23,25)(H,26,27)/t16-/m1/s1. The number of esters is 1. The average molecular weight is 395 g/mol. The molecule has 0 aliphatic heterocycles. The lowest BCUT2D eigenvalue weighted by Crippen LogP contribution is -2.42. The second-order valence-corrected chi connectivity index (χ2v) is 5.84. The van der Waals surface area contributed by atoms with Gasteiger partial charge in [0.2, 0.25) is 0 Å². The van der Waals surface area contributed by atoms with E-state index in [9.17, 15) is 32.7 Å². The third kappa shape index (κ3) is 5.57. The number of ether oxygens (including phenoxy) is 1. The van der Waals surface area contributed by atoms with Gasteiger partial charge in [-0.2, -0.15) is 13.2 Å². The minimum atomic E-state index is -4.64. The smallest absolute Gasteiger partial charge is 0.416 e. The maximum atomic E-state index is 13.1. The molecule has 0 heterocycles. The summed E-state index contributed by atoms with van der Waals surface area (Å²) in [5, 5.41) is 11.5. The molecule has 9 heteroatoms. The Labute approximate surface area is 157 Å². The van der Waals surface area contributed by atoms with E-state index in [0.29, 0.717) is 0 Å². The van der Waals surface area contributed by atoms with Crippen molar-refractivity contribution in [3.63, 3.8) is 0 Å². The van der Waals surface area contributed by atoms with Gasteiger partial charge in [-0.1, -0.05) is 18.2 Å². The van der Waals surface area contributed by atoms with Crippen LogP contribution in [0.4, 0.5) is 13.2 Å². The lowest BCUT2D eigenvalue weighted by atomic mass is 9.99. The molecule has 0 aliphatic rings. The summed E-state index contributed by atoms with van der Waals surface area (Å²) in [5.41, 5.74) is -1.14. The normalized spacial score (nSPS) is 12.1. The molecule has 0 saturated heterocycles. The predicted molar refractivity (Wildman–Crippen MR) is 91.8 cm³/mol. The van der Waals surface area contributed by atoms with Gasteiger partial charge < -0.3 is 15.2 Å². The van der Waals surface area contributed by atoms with Gasteiger partial charge in [0.15, 0.2) is 0 Å². The second-order valence-electron chi connectivity index (χ2n) is 5.84. The Morgan fingerprint density at radius 3 is 2.21 bits per heavy atom. The summed E-state index contributed by atoms with van der Waals surface area (Å²) < 4.78 is 44.1. The second kappa shape index (κ2) is 8.55. The van der Waals surface area contributed by atoms with Crippen LogP contribution in [0.1, 0.15) is 28.4 Å². The number of carbonyl (C=O) groups is 3. The van der Waals surface area contributed by atoms with Gasteiger partial charge in [0.05, 0.1) is 5.56 Å². The molecule has 6 nitrogen and oxygen atoms in total. The molecule has 2 aromatic rings. The summed E-state index contributed by atoms with van der Waals surface area (Å²) in [5.74, 6) is -2.61. The summed E-state index contributed by atoms with van der Waals surface area (Å²) in [4.78, 5) is 34.6. The van der Waals surface area contributed by atoms with Gasteiger partial charge in [0.1, 0.15) is 11.8 Å². The molecule has 0 aliphatic carbocycles. The number of aliphatic carboxylic acids is 1. The highest BCUT2D eigenvalue weighted by atomic mass is 19.4. The van der Waals surface area contributed by atoms with Crippen molar-refractivity contribution in [3.05, 3.63) is 65.2 Å². The number of rotatable bonds is 6. The highest BCUT2D eigenvalue weighted by molar-refractivity contribution is 5.96. The van der Waals surface area contributed by atoms with Crippen LogP contribution < -0.4 is 10.1 Å². The molecule has 0 unspecified atom stereocenters. The fourth-order valence-corrected chi connectivity index (χ4v) is 2.48. The molecule has 148 valence electrons. The van der Waals surface area contributed by atoms with Crippen LogP contribution in [-0.4, -0.2) is 29.0 Å². The van der Waals surface area contributed by atoms with E-state index in [1.165, 1.54) is 49.4 Å². The molecular formula is C19H16F3NO5. The van der Waals surface area contributed by atoms with Crippen LogP contribution >= 0.6 is 0 Å². The molecule has 0 bridgehead atoms. The molecule has 0 saturated carbocycles. The first-order chi connectivity index (χ1) is 13.1. The van der Waals surface area contributed by atoms with E-state index in [4.69, 9.17) is 4.74 Å². The topological polar surface area (TPSA) is 92.7 Å². The molecule has 0 aromatic heterocycles. The SMILES string of the molecule is CC(=O)Oc1ccc(C(=O)N[C@H](Cc2ccccc2C(F)(F)F)C(=O)O)cc1. The number of carboxylic acids is 1. The van der Waals surface area contributed by atoms with Crippen LogP contribution in [0.25, 0.3) is 0 Å². The van der Waals surface area contributed by atoms with Crippen LogP contribution in [0.2, 0.25) is 0 Å². The van der Waals surface area contributed by atoms with Crippen molar-refractivity contribution in [2.45, 2.75) is 25.6 Å². The average Bonchev–Trinajstić information content (AvgIpc) is 2.60. The molecule has 1 atom stereocenters. The quantitative estimate of drug-likeness (QED) is 0.579. The minimum Gasteiger partial charge on any atom is -0.480 e. The molecule has 0 fully saturated rings. The Balaban J connectivity index is 2.17. The lowest BCUT2D eigenvalue weighted by molar-refractivity contribution is -0.141. The number of halogens is 3. The number of carboxylic acid groups (broad SMARTS) is 1. The zero-order chi connectivity index (χ0) is 20.9. The molecule has 2 rings (SSSR count). The highest BCUT2D eigenvalue weighted by Gasteiger charge is 2.34. The summed E-state index contributed by atoms with van der Waals surface area (Å²) in [7, 11) is 0. The van der Waals surface area contributed by atoms with Crippen molar-refractivity contribution in [2.24, 2.45) is 0 Å². The fourth-order valence-electron chi connectivity index (χ4n) is 2.48. The van der Waals surface area contributed by atoms with Gasteiger partial charge in [0, 0.05) is 18.9 Å². The molecule has 0 spiro atoms. The van der Waals surface area contributed by atoms with E-state index in [0.717, 1.165) is 6.07 Å². The highest BCUT2D eigenvalue weighted by Crippen LogP contribution is 2.32. The zero-order valence-corrected chi connectivity index (χ0v) is 14.6. The molecule has 28 heavy (non-hydrogen) atoms. The third-order valence-corrected chi connectivity index (χ3v) is 3.73. The van der Waals surface area contributed by atoms with Gasteiger partial charge in [-0.25, -0.2) is 4.79 Å². The largest absolute Gasteiger partial charge is 0.480 e. The fraction of sp³-hybridized carbons (Fsp3) is 0.211. The third-order valence-electron chi connectivity index (χ3n) is 3.73. The Bertz CT molecular complexity index is 878. The van der Waals surface area contributed by atoms with Crippen LogP contribution in [0.3, 0.4) is 0 Å². The van der Waals surface area contributed by atoms with E-state index in [-0.39, 0.29) is 16.9 Å². The van der Waals surface area contributed by atoms with Crippen molar-refractivity contribution >= 4 is 17.8 Å². The number of benzene rings is 2. The molecular weight excluding hydrogens is 379 g/mol. The van der Waals surface area contributed by atoms with E-state index < -0.39 is 42.0 Å². The molecule has 0 radical (unpaired) electrons. The van der Waals surface area contributed by atoms with Crippen LogP contribution in [-0.2, 0) is 22.2 Å². The van der Waals surface area contributed by atoms with Crippen LogP contribution in [0, 0.1) is 0 Å².